The molecule has 0 bridgehead atoms. The van der Waals surface area contributed by atoms with Crippen molar-refractivity contribution in [1.82, 2.24) is 29.9 Å². The lowest BCUT2D eigenvalue weighted by Gasteiger charge is -2.02. The van der Waals surface area contributed by atoms with Gasteiger partial charge in [-0.1, -0.05) is 0 Å². The van der Waals surface area contributed by atoms with Gasteiger partial charge in [-0.05, 0) is 11.8 Å². The number of rotatable bonds is 3. The van der Waals surface area contributed by atoms with Crippen molar-refractivity contribution in [1.29, 1.82) is 0 Å². The van der Waals surface area contributed by atoms with Crippen molar-refractivity contribution in [3.8, 4) is 0 Å². The molecular formula is C9H8N8S. The molecule has 0 aliphatic heterocycles. The number of nitrogens with two attached hydrogens (primary N) is 1. The maximum atomic E-state index is 5.29. The molecule has 9 heteroatoms. The number of nitrogens with zero attached hydrogens (tertiary/aromatic N) is 5. The molecule has 3 aromatic heterocycles. The fourth-order valence-electron chi connectivity index (χ4n) is 1.39. The second-order valence-corrected chi connectivity index (χ2v) is 4.28. The van der Waals surface area contributed by atoms with Crippen LogP contribution in [0.1, 0.15) is 0 Å². The van der Waals surface area contributed by atoms with Gasteiger partial charge in [0.25, 0.3) is 0 Å². The number of fused-ring (bicyclic) bond motifs is 1. The van der Waals surface area contributed by atoms with Gasteiger partial charge in [-0.25, -0.2) is 30.8 Å². The lowest BCUT2D eigenvalue weighted by molar-refractivity contribution is 1.02. The summed E-state index contributed by atoms with van der Waals surface area (Å²) in [4.78, 5) is 23.4. The number of hydrogen-bond donors (Lipinski definition) is 3. The highest BCUT2D eigenvalue weighted by Gasteiger charge is 2.08. The molecule has 0 aliphatic rings. The Morgan fingerprint density at radius 1 is 1.11 bits per heavy atom. The second kappa shape index (κ2) is 4.55. The van der Waals surface area contributed by atoms with Crippen LogP contribution in [0, 0.1) is 0 Å². The SMILES string of the molecule is NNc1cc(Sc2ncnc3nc[nH]c23)ncn1. The first kappa shape index (κ1) is 10.9. The highest BCUT2D eigenvalue weighted by atomic mass is 32.2. The average molecular weight is 260 g/mol. The number of H-pyrrole nitrogens is 1. The van der Waals surface area contributed by atoms with E-state index in [1.807, 2.05) is 0 Å². The molecule has 8 nitrogen and oxygen atoms in total. The second-order valence-electron chi connectivity index (χ2n) is 3.27. The van der Waals surface area contributed by atoms with Gasteiger partial charge in [-0.2, -0.15) is 0 Å². The Kier molecular flexibility index (Phi) is 2.74. The number of anilines is 1. The summed E-state index contributed by atoms with van der Waals surface area (Å²) >= 11 is 1.38. The summed E-state index contributed by atoms with van der Waals surface area (Å²) in [7, 11) is 0. The van der Waals surface area contributed by atoms with Gasteiger partial charge in [0.05, 0.1) is 6.33 Å². The number of nitrogen functional groups attached to an aromatic ring is 1. The minimum Gasteiger partial charge on any atom is -0.341 e. The molecule has 4 N–H and O–H groups in total. The van der Waals surface area contributed by atoms with Crippen LogP contribution in [0.15, 0.2) is 35.1 Å². The van der Waals surface area contributed by atoms with Crippen molar-refractivity contribution < 1.29 is 0 Å². The van der Waals surface area contributed by atoms with Gasteiger partial charge in [0.15, 0.2) is 5.65 Å². The Balaban J connectivity index is 1.98. The fraction of sp³-hybridized carbons (Fsp3) is 0. The lowest BCUT2D eigenvalue weighted by Crippen LogP contribution is -2.08. The van der Waals surface area contributed by atoms with E-state index in [4.69, 9.17) is 5.84 Å². The zero-order chi connectivity index (χ0) is 12.4. The van der Waals surface area contributed by atoms with Crippen LogP contribution in [0.3, 0.4) is 0 Å². The van der Waals surface area contributed by atoms with E-state index in [0.717, 1.165) is 15.6 Å². The van der Waals surface area contributed by atoms with Gasteiger partial charge in [-0.15, -0.1) is 0 Å². The van der Waals surface area contributed by atoms with E-state index in [2.05, 4.69) is 35.3 Å². The minimum absolute atomic E-state index is 0.544. The smallest absolute Gasteiger partial charge is 0.181 e. The molecule has 3 heterocycles. The summed E-state index contributed by atoms with van der Waals surface area (Å²) in [6.45, 7) is 0. The summed E-state index contributed by atoms with van der Waals surface area (Å²) < 4.78 is 0. The Bertz CT molecular complexity index is 681. The summed E-state index contributed by atoms with van der Waals surface area (Å²) in [5.74, 6) is 5.84. The molecule has 3 aromatic rings. The van der Waals surface area contributed by atoms with Crippen LogP contribution in [0.25, 0.3) is 11.2 Å². The van der Waals surface area contributed by atoms with Crippen molar-refractivity contribution in [3.05, 3.63) is 25.0 Å². The van der Waals surface area contributed by atoms with Crippen LogP contribution < -0.4 is 11.3 Å². The topological polar surface area (TPSA) is 118 Å². The van der Waals surface area contributed by atoms with Gasteiger partial charge < -0.3 is 10.4 Å². The summed E-state index contributed by atoms with van der Waals surface area (Å²) in [6.07, 6.45) is 4.48. The van der Waals surface area contributed by atoms with E-state index >= 15 is 0 Å². The highest BCUT2D eigenvalue weighted by molar-refractivity contribution is 7.99. The molecule has 0 unspecified atom stereocenters. The Morgan fingerprint density at radius 3 is 2.89 bits per heavy atom. The van der Waals surface area contributed by atoms with Gasteiger partial charge in [0.1, 0.15) is 34.0 Å². The number of hydrazine groups is 1. The number of aromatic nitrogens is 6. The van der Waals surface area contributed by atoms with Crippen LogP contribution in [0.4, 0.5) is 5.82 Å². The summed E-state index contributed by atoms with van der Waals surface area (Å²) in [5.41, 5.74) is 3.87. The van der Waals surface area contributed by atoms with Gasteiger partial charge in [-0.3, -0.25) is 0 Å². The van der Waals surface area contributed by atoms with E-state index in [-0.39, 0.29) is 0 Å². The van der Waals surface area contributed by atoms with Crippen molar-refractivity contribution in [2.45, 2.75) is 10.1 Å². The Hall–Kier alpha value is -2.26. The monoisotopic (exact) mass is 260 g/mol. The molecule has 0 saturated heterocycles. The van der Waals surface area contributed by atoms with Crippen molar-refractivity contribution >= 4 is 28.7 Å². The molecule has 0 spiro atoms. The fourth-order valence-corrected chi connectivity index (χ4v) is 2.21. The number of aromatic amines is 1. The summed E-state index contributed by atoms with van der Waals surface area (Å²) in [5, 5.41) is 1.48. The van der Waals surface area contributed by atoms with Gasteiger partial charge in [0.2, 0.25) is 0 Å². The molecule has 0 aliphatic carbocycles. The lowest BCUT2D eigenvalue weighted by atomic mass is 10.6. The summed E-state index contributed by atoms with van der Waals surface area (Å²) in [6, 6.07) is 1.73. The van der Waals surface area contributed by atoms with Crippen LogP contribution in [-0.4, -0.2) is 29.9 Å². The standard InChI is InChI=1S/C9H8N8S/c10-17-5-1-6(12-2-11-5)18-9-7-8(14-3-13-7)15-4-16-9/h1-4H,10H2,(H,11,12,17)(H,13,14,15,16). The molecule has 0 amide bonds. The highest BCUT2D eigenvalue weighted by Crippen LogP contribution is 2.28. The van der Waals surface area contributed by atoms with Crippen molar-refractivity contribution in [3.63, 3.8) is 0 Å². The molecule has 90 valence electrons. The zero-order valence-electron chi connectivity index (χ0n) is 9.03. The Labute approximate surface area is 105 Å². The average Bonchev–Trinajstić information content (AvgIpc) is 2.88. The van der Waals surface area contributed by atoms with E-state index in [1.165, 1.54) is 24.4 Å². The van der Waals surface area contributed by atoms with Crippen LogP contribution >= 0.6 is 11.8 Å². The van der Waals surface area contributed by atoms with Crippen LogP contribution in [0.2, 0.25) is 0 Å². The molecule has 0 radical (unpaired) electrons. The number of nitrogens with one attached hydrogen (secondary N) is 2. The first-order chi connectivity index (χ1) is 8.86. The Morgan fingerprint density at radius 2 is 2.00 bits per heavy atom. The van der Waals surface area contributed by atoms with Gasteiger partial charge >= 0.3 is 0 Å². The van der Waals surface area contributed by atoms with E-state index in [0.29, 0.717) is 11.5 Å². The molecule has 3 rings (SSSR count). The van der Waals surface area contributed by atoms with Crippen LogP contribution in [0.5, 0.6) is 0 Å². The van der Waals surface area contributed by atoms with E-state index in [1.54, 1.807) is 12.4 Å². The number of imidazole rings is 1. The minimum atomic E-state index is 0.544. The van der Waals surface area contributed by atoms with E-state index < -0.39 is 0 Å². The molecule has 18 heavy (non-hydrogen) atoms. The normalized spacial score (nSPS) is 10.7. The largest absolute Gasteiger partial charge is 0.341 e. The van der Waals surface area contributed by atoms with Gasteiger partial charge in [0, 0.05) is 6.07 Å². The first-order valence-electron chi connectivity index (χ1n) is 4.97. The molecular weight excluding hydrogens is 252 g/mol. The van der Waals surface area contributed by atoms with Crippen molar-refractivity contribution in [2.75, 3.05) is 5.43 Å². The molecule has 0 saturated carbocycles. The van der Waals surface area contributed by atoms with E-state index in [9.17, 15) is 0 Å². The molecule has 0 fully saturated rings. The zero-order valence-corrected chi connectivity index (χ0v) is 9.85. The third-order valence-electron chi connectivity index (χ3n) is 2.18. The quantitative estimate of drug-likeness (QED) is 0.355. The first-order valence-corrected chi connectivity index (χ1v) is 5.79. The predicted octanol–water partition coefficient (Wildman–Crippen LogP) is 0.580. The molecule has 0 atom stereocenters. The predicted molar refractivity (Wildman–Crippen MR) is 65.6 cm³/mol. The van der Waals surface area contributed by atoms with Crippen LogP contribution in [-0.2, 0) is 0 Å². The third kappa shape index (κ3) is 1.96. The maximum absolute atomic E-state index is 5.29. The maximum Gasteiger partial charge on any atom is 0.181 e. The number of hydrogen-bond acceptors (Lipinski definition) is 8. The molecule has 0 aromatic carbocycles. The van der Waals surface area contributed by atoms with Crippen molar-refractivity contribution in [2.24, 2.45) is 5.84 Å². The third-order valence-corrected chi connectivity index (χ3v) is 3.11.